The number of aliphatic hydroxyl groups is 1. The molecule has 1 heterocycles. The van der Waals surface area contributed by atoms with Gasteiger partial charge in [-0.3, -0.25) is 4.68 Å². The van der Waals surface area contributed by atoms with Crippen molar-refractivity contribution in [2.24, 2.45) is 5.41 Å². The average molecular weight is 276 g/mol. The maximum absolute atomic E-state index is 10.9. The van der Waals surface area contributed by atoms with Crippen molar-refractivity contribution in [3.63, 3.8) is 0 Å². The molecule has 0 atom stereocenters. The molecular weight excluding hydrogens is 248 g/mol. The van der Waals surface area contributed by atoms with Gasteiger partial charge in [0.1, 0.15) is 0 Å². The highest BCUT2D eigenvalue weighted by Crippen LogP contribution is 2.51. The third-order valence-corrected chi connectivity index (χ3v) is 5.61. The van der Waals surface area contributed by atoms with Crippen LogP contribution in [-0.2, 0) is 6.42 Å². The quantitative estimate of drug-likeness (QED) is 0.910. The van der Waals surface area contributed by atoms with Crippen molar-refractivity contribution in [3.05, 3.63) is 18.0 Å². The summed E-state index contributed by atoms with van der Waals surface area (Å²) in [6.07, 6.45) is 12.7. The van der Waals surface area contributed by atoms with E-state index in [0.717, 1.165) is 25.0 Å². The lowest BCUT2D eigenvalue weighted by molar-refractivity contribution is -0.0329. The van der Waals surface area contributed by atoms with Gasteiger partial charge in [0.15, 0.2) is 0 Å². The van der Waals surface area contributed by atoms with Gasteiger partial charge in [0.05, 0.1) is 11.3 Å². The van der Waals surface area contributed by atoms with Gasteiger partial charge in [-0.2, -0.15) is 5.10 Å². The fraction of sp³-hybridized carbons (Fsp3) is 0.824. The molecule has 2 aliphatic carbocycles. The Labute approximate surface area is 122 Å². The Morgan fingerprint density at radius 3 is 2.35 bits per heavy atom. The van der Waals surface area contributed by atoms with E-state index in [-0.39, 0.29) is 0 Å². The van der Waals surface area contributed by atoms with Crippen LogP contribution in [0.5, 0.6) is 0 Å². The Balaban J connectivity index is 1.62. The molecule has 3 heteroatoms. The molecule has 3 rings (SSSR count). The van der Waals surface area contributed by atoms with Gasteiger partial charge in [-0.1, -0.05) is 12.8 Å². The zero-order valence-electron chi connectivity index (χ0n) is 12.9. The van der Waals surface area contributed by atoms with Gasteiger partial charge in [-0.15, -0.1) is 0 Å². The summed E-state index contributed by atoms with van der Waals surface area (Å²) in [5.41, 5.74) is 1.12. The maximum atomic E-state index is 10.9. The lowest BCUT2D eigenvalue weighted by atomic mass is 9.67. The van der Waals surface area contributed by atoms with Crippen LogP contribution >= 0.6 is 0 Å². The first kappa shape index (κ1) is 14.1. The van der Waals surface area contributed by atoms with Crippen LogP contribution < -0.4 is 0 Å². The first-order chi connectivity index (χ1) is 9.50. The third kappa shape index (κ3) is 2.78. The Bertz CT molecular complexity index is 447. The molecule has 2 aliphatic rings. The standard InChI is InChI=1S/C17H28N2O/c1-14(2)19-12-5-15(18-19)13-17(20)10-8-16(9-11-17)6-3-4-7-16/h5,12,14,20H,3-4,6-11,13H2,1-2H3. The SMILES string of the molecule is CC(C)n1ccc(CC2(O)CCC3(CCCC3)CC2)n1. The molecule has 1 spiro atoms. The van der Waals surface area contributed by atoms with E-state index >= 15 is 0 Å². The second-order valence-corrected chi connectivity index (χ2v) is 7.49. The molecular formula is C17H28N2O. The van der Waals surface area contributed by atoms with E-state index in [0.29, 0.717) is 11.5 Å². The van der Waals surface area contributed by atoms with E-state index < -0.39 is 5.60 Å². The van der Waals surface area contributed by atoms with E-state index in [9.17, 15) is 5.11 Å². The third-order valence-electron chi connectivity index (χ3n) is 5.61. The Morgan fingerprint density at radius 1 is 1.15 bits per heavy atom. The molecule has 0 aliphatic heterocycles. The number of rotatable bonds is 3. The van der Waals surface area contributed by atoms with Gasteiger partial charge in [0.25, 0.3) is 0 Å². The molecule has 112 valence electrons. The molecule has 0 amide bonds. The predicted molar refractivity (Wildman–Crippen MR) is 80.6 cm³/mol. The molecule has 1 N–H and O–H groups in total. The van der Waals surface area contributed by atoms with Crippen LogP contribution in [0.1, 0.15) is 76.9 Å². The smallest absolute Gasteiger partial charge is 0.0704 e. The molecule has 3 nitrogen and oxygen atoms in total. The molecule has 0 unspecified atom stereocenters. The second-order valence-electron chi connectivity index (χ2n) is 7.49. The topological polar surface area (TPSA) is 38.0 Å². The number of nitrogens with zero attached hydrogens (tertiary/aromatic N) is 2. The summed E-state index contributed by atoms with van der Waals surface area (Å²) in [6, 6.07) is 2.46. The summed E-state index contributed by atoms with van der Waals surface area (Å²) in [4.78, 5) is 0. The highest BCUT2D eigenvalue weighted by molar-refractivity contribution is 5.07. The van der Waals surface area contributed by atoms with Crippen molar-refractivity contribution < 1.29 is 5.11 Å². The lowest BCUT2D eigenvalue weighted by Crippen LogP contribution is -2.40. The molecule has 0 bridgehead atoms. The summed E-state index contributed by atoms with van der Waals surface area (Å²) < 4.78 is 1.99. The van der Waals surface area contributed by atoms with Crippen molar-refractivity contribution in [1.82, 2.24) is 9.78 Å². The fourth-order valence-electron chi connectivity index (χ4n) is 4.14. The van der Waals surface area contributed by atoms with Crippen molar-refractivity contribution in [1.29, 1.82) is 0 Å². The summed E-state index contributed by atoms with van der Waals surface area (Å²) in [6.45, 7) is 4.27. The Morgan fingerprint density at radius 2 is 1.80 bits per heavy atom. The van der Waals surface area contributed by atoms with Gasteiger partial charge in [-0.25, -0.2) is 0 Å². The zero-order valence-corrected chi connectivity index (χ0v) is 12.9. The highest BCUT2D eigenvalue weighted by atomic mass is 16.3. The van der Waals surface area contributed by atoms with E-state index in [1.807, 2.05) is 10.9 Å². The van der Waals surface area contributed by atoms with Crippen LogP contribution in [0.15, 0.2) is 12.3 Å². The van der Waals surface area contributed by atoms with E-state index in [4.69, 9.17) is 0 Å². The van der Waals surface area contributed by atoms with Crippen molar-refractivity contribution in [2.75, 3.05) is 0 Å². The van der Waals surface area contributed by atoms with Crippen LogP contribution in [0, 0.1) is 5.41 Å². The van der Waals surface area contributed by atoms with Gasteiger partial charge in [0, 0.05) is 18.7 Å². The molecule has 2 fully saturated rings. The summed E-state index contributed by atoms with van der Waals surface area (Å²) in [7, 11) is 0. The molecule has 1 aromatic rings. The number of aromatic nitrogens is 2. The second kappa shape index (κ2) is 5.18. The van der Waals surface area contributed by atoms with Gasteiger partial charge >= 0.3 is 0 Å². The summed E-state index contributed by atoms with van der Waals surface area (Å²) in [5.74, 6) is 0. The largest absolute Gasteiger partial charge is 0.389 e. The van der Waals surface area contributed by atoms with E-state index in [2.05, 4.69) is 25.0 Å². The summed E-state index contributed by atoms with van der Waals surface area (Å²) in [5, 5.41) is 15.5. The molecule has 0 aromatic carbocycles. The first-order valence-electron chi connectivity index (χ1n) is 8.27. The number of hydrogen-bond acceptors (Lipinski definition) is 2. The molecule has 0 radical (unpaired) electrons. The van der Waals surface area contributed by atoms with Crippen molar-refractivity contribution >= 4 is 0 Å². The van der Waals surface area contributed by atoms with Crippen LogP contribution in [-0.4, -0.2) is 20.5 Å². The maximum Gasteiger partial charge on any atom is 0.0704 e. The minimum atomic E-state index is -0.510. The monoisotopic (exact) mass is 276 g/mol. The summed E-state index contributed by atoms with van der Waals surface area (Å²) >= 11 is 0. The molecule has 20 heavy (non-hydrogen) atoms. The predicted octanol–water partition coefficient (Wildman–Crippen LogP) is 3.87. The first-order valence-corrected chi connectivity index (χ1v) is 8.27. The fourth-order valence-corrected chi connectivity index (χ4v) is 4.14. The van der Waals surface area contributed by atoms with E-state index in [1.165, 1.54) is 38.5 Å². The molecule has 2 saturated carbocycles. The van der Waals surface area contributed by atoms with Gasteiger partial charge in [0.2, 0.25) is 0 Å². The van der Waals surface area contributed by atoms with Crippen LogP contribution in [0.3, 0.4) is 0 Å². The van der Waals surface area contributed by atoms with Crippen LogP contribution in [0.25, 0.3) is 0 Å². The van der Waals surface area contributed by atoms with Crippen LogP contribution in [0.2, 0.25) is 0 Å². The minimum Gasteiger partial charge on any atom is -0.389 e. The number of hydrogen-bond donors (Lipinski definition) is 1. The van der Waals surface area contributed by atoms with Gasteiger partial charge < -0.3 is 5.11 Å². The lowest BCUT2D eigenvalue weighted by Gasteiger charge is -2.42. The average Bonchev–Trinajstić information content (AvgIpc) is 3.04. The van der Waals surface area contributed by atoms with Gasteiger partial charge in [-0.05, 0) is 63.9 Å². The Kier molecular flexibility index (Phi) is 3.65. The zero-order chi connectivity index (χ0) is 14.2. The molecule has 0 saturated heterocycles. The Hall–Kier alpha value is -0.830. The minimum absolute atomic E-state index is 0.395. The van der Waals surface area contributed by atoms with E-state index in [1.54, 1.807) is 0 Å². The van der Waals surface area contributed by atoms with Crippen molar-refractivity contribution in [2.45, 2.75) is 83.3 Å². The normalized spacial score (nSPS) is 24.6. The van der Waals surface area contributed by atoms with Crippen LogP contribution in [0.4, 0.5) is 0 Å². The molecule has 1 aromatic heterocycles. The van der Waals surface area contributed by atoms with Crippen molar-refractivity contribution in [3.8, 4) is 0 Å². The highest BCUT2D eigenvalue weighted by Gasteiger charge is 2.43.